The molecule has 0 bridgehead atoms. The molecule has 0 aliphatic carbocycles. The number of hydrogen-bond acceptors (Lipinski definition) is 3. The van der Waals surface area contributed by atoms with Crippen molar-refractivity contribution in [2.75, 3.05) is 26.2 Å². The summed E-state index contributed by atoms with van der Waals surface area (Å²) in [5.41, 5.74) is 0. The molecule has 1 N–H and O–H groups in total. The van der Waals surface area contributed by atoms with Gasteiger partial charge in [0, 0.05) is 0 Å². The van der Waals surface area contributed by atoms with E-state index < -0.39 is 10.4 Å². The van der Waals surface area contributed by atoms with Gasteiger partial charge in [0.05, 0.1) is 26.2 Å². The van der Waals surface area contributed by atoms with E-state index >= 15 is 0 Å². The monoisotopic (exact) mass is 1120 g/mol. The van der Waals surface area contributed by atoms with Gasteiger partial charge in [-0.2, -0.15) is 0 Å². The highest BCUT2D eigenvalue weighted by atomic mass is 32.3. The molecule has 0 aromatic rings. The Bertz CT molecular complexity index is 1010. The summed E-state index contributed by atoms with van der Waals surface area (Å²) in [6.45, 7) is 15.3. The molecule has 0 atom stereocenters. The van der Waals surface area contributed by atoms with E-state index in [9.17, 15) is 0 Å². The normalized spacial score (nSPS) is 12.0. The van der Waals surface area contributed by atoms with E-state index in [0.29, 0.717) is 0 Å². The van der Waals surface area contributed by atoms with Crippen molar-refractivity contribution >= 4 is 10.4 Å². The molecule has 0 aliphatic rings. The first kappa shape index (κ1) is 79.9. The Balaban J connectivity index is 0. The Labute approximate surface area is 494 Å². The minimum atomic E-state index is -4.92. The zero-order valence-electron chi connectivity index (χ0n) is 54.6. The first-order valence-electron chi connectivity index (χ1n) is 36.8. The summed E-state index contributed by atoms with van der Waals surface area (Å²) in [6, 6.07) is 0. The van der Waals surface area contributed by atoms with Crippen LogP contribution in [-0.2, 0) is 10.4 Å². The predicted octanol–water partition coefficient (Wildman–Crippen LogP) is 25.9. The van der Waals surface area contributed by atoms with E-state index in [2.05, 4.69) is 27.7 Å². The molecule has 0 rings (SSSR count). The van der Waals surface area contributed by atoms with Crippen molar-refractivity contribution in [1.29, 1.82) is 0 Å². The van der Waals surface area contributed by atoms with Crippen LogP contribution in [-0.4, -0.2) is 48.2 Å². The maximum absolute atomic E-state index is 8.63. The average Bonchev–Trinajstić information content (AvgIpc) is 3.42. The van der Waals surface area contributed by atoms with Gasteiger partial charge in [-0.3, -0.25) is 4.55 Å². The Hall–Kier alpha value is -0.170. The van der Waals surface area contributed by atoms with E-state index in [1.807, 2.05) is 0 Å². The van der Waals surface area contributed by atoms with Gasteiger partial charge in [-0.15, -0.1) is 0 Å². The van der Waals surface area contributed by atoms with Crippen molar-refractivity contribution in [3.8, 4) is 0 Å². The standard InChI is InChI=1S/C72H148N.H2O4S/c1-5-9-13-17-21-25-29-33-37-41-45-49-53-57-61-65-69-73(70-66-62-58-54-50-46-42-38-34-30-26-22-18-14-10-6-2,71-67-63-59-55-51-47-43-39-35-31-27-23-19-15-11-7-3)72-68-64-60-56-52-48-44-40-36-32-28-24-20-16-12-8-4;1-5(2,3)4/h5-72H2,1-4H3;(H2,1,2,3,4)/q+1;/p-1. The summed E-state index contributed by atoms with van der Waals surface area (Å²) in [5, 5.41) is 0. The smallest absolute Gasteiger partial charge is 0.215 e. The van der Waals surface area contributed by atoms with E-state index in [1.165, 1.54) is 442 Å². The second-order valence-electron chi connectivity index (χ2n) is 25.9. The van der Waals surface area contributed by atoms with E-state index in [1.54, 1.807) is 0 Å². The molecule has 0 unspecified atom stereocenters. The van der Waals surface area contributed by atoms with Gasteiger partial charge < -0.3 is 9.04 Å². The largest absolute Gasteiger partial charge is 0.726 e. The van der Waals surface area contributed by atoms with E-state index in [-0.39, 0.29) is 0 Å². The van der Waals surface area contributed by atoms with Crippen LogP contribution in [0.1, 0.15) is 439 Å². The molecule has 0 saturated heterocycles. The third-order valence-electron chi connectivity index (χ3n) is 17.9. The van der Waals surface area contributed by atoms with Gasteiger partial charge in [-0.05, 0) is 51.4 Å². The summed E-state index contributed by atoms with van der Waals surface area (Å²) >= 11 is 0. The van der Waals surface area contributed by atoms with Crippen LogP contribution in [0.3, 0.4) is 0 Å². The lowest BCUT2D eigenvalue weighted by Gasteiger charge is -2.40. The summed E-state index contributed by atoms with van der Waals surface area (Å²) in [5.74, 6) is 0. The average molecular weight is 1130 g/mol. The minimum Gasteiger partial charge on any atom is -0.726 e. The molecule has 0 amide bonds. The Morgan fingerprint density at radius 3 is 0.372 bits per heavy atom. The van der Waals surface area contributed by atoms with Gasteiger partial charge >= 0.3 is 0 Å². The van der Waals surface area contributed by atoms with Crippen molar-refractivity contribution in [2.45, 2.75) is 439 Å². The third kappa shape index (κ3) is 73.8. The molecule has 472 valence electrons. The van der Waals surface area contributed by atoms with Gasteiger partial charge in [-0.25, -0.2) is 8.42 Å². The molecule has 0 saturated carbocycles. The topological polar surface area (TPSA) is 77.4 Å². The van der Waals surface area contributed by atoms with Crippen LogP contribution in [0.5, 0.6) is 0 Å². The van der Waals surface area contributed by atoms with Crippen LogP contribution in [0.25, 0.3) is 0 Å². The summed E-state index contributed by atoms with van der Waals surface area (Å²) < 4.78 is 34.3. The lowest BCUT2D eigenvalue weighted by molar-refractivity contribution is -0.929. The van der Waals surface area contributed by atoms with Crippen LogP contribution >= 0.6 is 0 Å². The molecular formula is C72H149NO4S. The number of unbranched alkanes of at least 4 members (excludes halogenated alkanes) is 60. The molecular weight excluding hydrogens is 975 g/mol. The van der Waals surface area contributed by atoms with Crippen LogP contribution < -0.4 is 0 Å². The van der Waals surface area contributed by atoms with Crippen LogP contribution in [0.2, 0.25) is 0 Å². The van der Waals surface area contributed by atoms with Gasteiger partial charge in [0.1, 0.15) is 0 Å². The fraction of sp³-hybridized carbons (Fsp3) is 1.00. The van der Waals surface area contributed by atoms with Gasteiger partial charge in [0.2, 0.25) is 10.4 Å². The maximum atomic E-state index is 8.63. The molecule has 0 aromatic heterocycles. The highest BCUT2D eigenvalue weighted by Gasteiger charge is 2.26. The van der Waals surface area contributed by atoms with Gasteiger partial charge in [0.15, 0.2) is 0 Å². The molecule has 0 heterocycles. The summed E-state index contributed by atoms with van der Waals surface area (Å²) in [6.07, 6.45) is 94.7. The Morgan fingerprint density at radius 1 is 0.205 bits per heavy atom. The second-order valence-corrected chi connectivity index (χ2v) is 26.7. The zero-order chi connectivity index (χ0) is 57.1. The SMILES string of the molecule is CCCCCCCCCCCCCCCCCC[N+](CCCCCCCCCCCCCCCCCC)(CCCCCCCCCCCCCCCCCC)CCCCCCCCCCCCCCCCCC.O=S(=O)([O-])O. The highest BCUT2D eigenvalue weighted by molar-refractivity contribution is 7.79. The third-order valence-corrected chi connectivity index (χ3v) is 17.9. The number of hydrogen-bond donors (Lipinski definition) is 1. The molecule has 0 spiro atoms. The number of nitrogens with zero attached hydrogens (tertiary/aromatic N) is 1. The fourth-order valence-corrected chi connectivity index (χ4v) is 12.7. The van der Waals surface area contributed by atoms with Crippen LogP contribution in [0.15, 0.2) is 0 Å². The lowest BCUT2D eigenvalue weighted by Crippen LogP contribution is -2.50. The van der Waals surface area contributed by atoms with Crippen LogP contribution in [0, 0.1) is 0 Å². The molecule has 0 aromatic carbocycles. The minimum absolute atomic E-state index is 1.37. The van der Waals surface area contributed by atoms with Gasteiger partial charge in [-0.1, -0.05) is 387 Å². The fourth-order valence-electron chi connectivity index (χ4n) is 12.7. The quantitative estimate of drug-likeness (QED) is 0.0285. The first-order chi connectivity index (χ1) is 38.2. The molecule has 78 heavy (non-hydrogen) atoms. The maximum Gasteiger partial charge on any atom is 0.215 e. The highest BCUT2D eigenvalue weighted by Crippen LogP contribution is 2.23. The van der Waals surface area contributed by atoms with Crippen molar-refractivity contribution in [3.05, 3.63) is 0 Å². The predicted molar refractivity (Wildman–Crippen MR) is 350 cm³/mol. The van der Waals surface area contributed by atoms with Crippen molar-refractivity contribution in [1.82, 2.24) is 0 Å². The molecule has 5 nitrogen and oxygen atoms in total. The summed E-state index contributed by atoms with van der Waals surface area (Å²) in [7, 11) is -4.92. The van der Waals surface area contributed by atoms with Gasteiger partial charge in [0.25, 0.3) is 0 Å². The molecule has 0 radical (unpaired) electrons. The lowest BCUT2D eigenvalue weighted by atomic mass is 10.0. The molecule has 0 fully saturated rings. The molecule has 6 heteroatoms. The Kier molecular flexibility index (Phi) is 71.0. The first-order valence-corrected chi connectivity index (χ1v) is 38.1. The van der Waals surface area contributed by atoms with Crippen molar-refractivity contribution < 1.29 is 22.0 Å². The van der Waals surface area contributed by atoms with Crippen molar-refractivity contribution in [2.24, 2.45) is 0 Å². The van der Waals surface area contributed by atoms with E-state index in [0.717, 1.165) is 0 Å². The van der Waals surface area contributed by atoms with Crippen molar-refractivity contribution in [3.63, 3.8) is 0 Å². The number of quaternary nitrogens is 1. The van der Waals surface area contributed by atoms with E-state index in [4.69, 9.17) is 17.5 Å². The number of rotatable bonds is 68. The molecule has 0 aliphatic heterocycles. The zero-order valence-corrected chi connectivity index (χ0v) is 55.4. The Morgan fingerprint density at radius 2 is 0.282 bits per heavy atom. The van der Waals surface area contributed by atoms with Crippen LogP contribution in [0.4, 0.5) is 0 Å². The summed E-state index contributed by atoms with van der Waals surface area (Å²) in [4.78, 5) is 0. The second kappa shape index (κ2) is 69.3.